The van der Waals surface area contributed by atoms with Crippen molar-refractivity contribution in [1.82, 2.24) is 30.1 Å². The highest BCUT2D eigenvalue weighted by Gasteiger charge is 2.30. The molecule has 7 heteroatoms. The van der Waals surface area contributed by atoms with Gasteiger partial charge in [0.25, 0.3) is 0 Å². The van der Waals surface area contributed by atoms with Gasteiger partial charge in [-0.25, -0.2) is 4.68 Å². The zero-order valence-corrected chi connectivity index (χ0v) is 11.8. The van der Waals surface area contributed by atoms with Crippen LogP contribution in [0.4, 0.5) is 0 Å². The van der Waals surface area contributed by atoms with Gasteiger partial charge in [0.15, 0.2) is 5.82 Å². The third-order valence-electron chi connectivity index (χ3n) is 4.00. The Hall–Kier alpha value is -2.02. The van der Waals surface area contributed by atoms with E-state index >= 15 is 0 Å². The molecule has 0 N–H and O–H groups in total. The average Bonchev–Trinajstić information content (AvgIpc) is 3.09. The van der Waals surface area contributed by atoms with Crippen LogP contribution in [-0.2, 0) is 6.54 Å². The van der Waals surface area contributed by atoms with Gasteiger partial charge in [-0.3, -0.25) is 9.88 Å². The maximum absolute atomic E-state index is 5.97. The second-order valence-corrected chi connectivity index (χ2v) is 5.72. The highest BCUT2D eigenvalue weighted by molar-refractivity contribution is 5.17. The van der Waals surface area contributed by atoms with E-state index in [-0.39, 0.29) is 6.10 Å². The van der Waals surface area contributed by atoms with Crippen molar-refractivity contribution in [1.29, 1.82) is 0 Å². The van der Waals surface area contributed by atoms with Gasteiger partial charge in [-0.2, -0.15) is 0 Å². The molecule has 0 radical (unpaired) electrons. The Balaban J connectivity index is 1.35. The SMILES string of the molecule is c1cc(O[C@H]2CCN(Cc3nnnn3C3CC3)C2)ccn1. The van der Waals surface area contributed by atoms with Gasteiger partial charge in [-0.05, 0) is 41.8 Å². The van der Waals surface area contributed by atoms with Crippen molar-refractivity contribution in [2.45, 2.75) is 38.0 Å². The first-order valence-corrected chi connectivity index (χ1v) is 7.44. The summed E-state index contributed by atoms with van der Waals surface area (Å²) in [6.07, 6.45) is 7.18. The van der Waals surface area contributed by atoms with E-state index in [1.165, 1.54) is 12.8 Å². The molecule has 1 saturated heterocycles. The zero-order valence-electron chi connectivity index (χ0n) is 11.8. The Morgan fingerprint density at radius 3 is 2.86 bits per heavy atom. The molecule has 0 amide bonds. The minimum atomic E-state index is 0.234. The van der Waals surface area contributed by atoms with Gasteiger partial charge in [-0.15, -0.1) is 5.10 Å². The summed E-state index contributed by atoms with van der Waals surface area (Å²) in [5.74, 6) is 1.86. The lowest BCUT2D eigenvalue weighted by atomic mass is 10.3. The minimum absolute atomic E-state index is 0.234. The predicted molar refractivity (Wildman–Crippen MR) is 74.6 cm³/mol. The quantitative estimate of drug-likeness (QED) is 0.818. The molecule has 0 bridgehead atoms. The Kier molecular flexibility index (Phi) is 3.27. The first kappa shape index (κ1) is 12.7. The molecular weight excluding hydrogens is 268 g/mol. The maximum atomic E-state index is 5.97. The smallest absolute Gasteiger partial charge is 0.165 e. The van der Waals surface area contributed by atoms with Crippen LogP contribution in [0.25, 0.3) is 0 Å². The molecule has 21 heavy (non-hydrogen) atoms. The first-order valence-electron chi connectivity index (χ1n) is 7.44. The Bertz CT molecular complexity index is 597. The summed E-state index contributed by atoms with van der Waals surface area (Å²) in [7, 11) is 0. The normalized spacial score (nSPS) is 22.6. The molecular formula is C14H18N6O. The van der Waals surface area contributed by atoms with Crippen molar-refractivity contribution >= 4 is 0 Å². The predicted octanol–water partition coefficient (Wildman–Crippen LogP) is 1.06. The Morgan fingerprint density at radius 2 is 2.05 bits per heavy atom. The van der Waals surface area contributed by atoms with Gasteiger partial charge >= 0.3 is 0 Å². The third-order valence-corrected chi connectivity index (χ3v) is 4.00. The molecule has 2 fully saturated rings. The minimum Gasteiger partial charge on any atom is -0.489 e. The van der Waals surface area contributed by atoms with E-state index in [9.17, 15) is 0 Å². The molecule has 110 valence electrons. The number of likely N-dealkylation sites (tertiary alicyclic amines) is 1. The summed E-state index contributed by atoms with van der Waals surface area (Å²) in [6.45, 7) is 2.74. The summed E-state index contributed by atoms with van der Waals surface area (Å²) >= 11 is 0. The monoisotopic (exact) mass is 286 g/mol. The molecule has 1 aliphatic heterocycles. The fraction of sp³-hybridized carbons (Fsp3) is 0.571. The lowest BCUT2D eigenvalue weighted by Crippen LogP contribution is -2.26. The third kappa shape index (κ3) is 2.87. The van der Waals surface area contributed by atoms with Gasteiger partial charge in [0.1, 0.15) is 11.9 Å². The lowest BCUT2D eigenvalue weighted by molar-refractivity contribution is 0.196. The van der Waals surface area contributed by atoms with E-state index in [2.05, 4.69) is 25.4 Å². The van der Waals surface area contributed by atoms with Crippen LogP contribution in [0.1, 0.15) is 31.1 Å². The Morgan fingerprint density at radius 1 is 1.19 bits per heavy atom. The van der Waals surface area contributed by atoms with Gasteiger partial charge in [0, 0.05) is 25.5 Å². The zero-order chi connectivity index (χ0) is 14.1. The van der Waals surface area contributed by atoms with E-state index in [4.69, 9.17) is 4.74 Å². The van der Waals surface area contributed by atoms with Crippen molar-refractivity contribution in [2.75, 3.05) is 13.1 Å². The van der Waals surface area contributed by atoms with Crippen molar-refractivity contribution < 1.29 is 4.74 Å². The number of hydrogen-bond acceptors (Lipinski definition) is 6. The van der Waals surface area contributed by atoms with Crippen molar-refractivity contribution in [3.63, 3.8) is 0 Å². The van der Waals surface area contributed by atoms with Gasteiger partial charge in [0.05, 0.1) is 12.6 Å². The number of ether oxygens (including phenoxy) is 1. The molecule has 0 aromatic carbocycles. The number of tetrazole rings is 1. The van der Waals surface area contributed by atoms with Gasteiger partial charge in [-0.1, -0.05) is 0 Å². The van der Waals surface area contributed by atoms with Crippen LogP contribution < -0.4 is 4.74 Å². The molecule has 2 aromatic rings. The largest absolute Gasteiger partial charge is 0.489 e. The molecule has 4 rings (SSSR count). The number of aromatic nitrogens is 5. The van der Waals surface area contributed by atoms with Crippen LogP contribution in [0.2, 0.25) is 0 Å². The highest BCUT2D eigenvalue weighted by atomic mass is 16.5. The average molecular weight is 286 g/mol. The molecule has 3 heterocycles. The number of nitrogens with zero attached hydrogens (tertiary/aromatic N) is 6. The van der Waals surface area contributed by atoms with E-state index < -0.39 is 0 Å². The van der Waals surface area contributed by atoms with Crippen molar-refractivity contribution in [3.05, 3.63) is 30.4 Å². The van der Waals surface area contributed by atoms with Crippen LogP contribution in [0.5, 0.6) is 5.75 Å². The number of rotatable bonds is 5. The fourth-order valence-corrected chi connectivity index (χ4v) is 2.77. The molecule has 1 aliphatic carbocycles. The Labute approximate surface area is 122 Å². The van der Waals surface area contributed by atoms with Gasteiger partial charge < -0.3 is 4.74 Å². The highest BCUT2D eigenvalue weighted by Crippen LogP contribution is 2.34. The second-order valence-electron chi connectivity index (χ2n) is 5.72. The van der Waals surface area contributed by atoms with Crippen molar-refractivity contribution in [2.24, 2.45) is 0 Å². The fourth-order valence-electron chi connectivity index (χ4n) is 2.77. The van der Waals surface area contributed by atoms with E-state index in [1.807, 2.05) is 16.8 Å². The van der Waals surface area contributed by atoms with Crippen LogP contribution in [0.3, 0.4) is 0 Å². The summed E-state index contributed by atoms with van der Waals surface area (Å²) in [6, 6.07) is 4.33. The summed E-state index contributed by atoms with van der Waals surface area (Å²) in [5.41, 5.74) is 0. The first-order chi connectivity index (χ1) is 10.4. The molecule has 7 nitrogen and oxygen atoms in total. The van der Waals surface area contributed by atoms with Crippen LogP contribution in [0, 0.1) is 0 Å². The second kappa shape index (κ2) is 5.40. The molecule has 2 aliphatic rings. The van der Waals surface area contributed by atoms with Crippen LogP contribution >= 0.6 is 0 Å². The summed E-state index contributed by atoms with van der Waals surface area (Å²) in [5, 5.41) is 12.1. The maximum Gasteiger partial charge on any atom is 0.165 e. The number of pyridine rings is 1. The van der Waals surface area contributed by atoms with Gasteiger partial charge in [0.2, 0.25) is 0 Å². The van der Waals surface area contributed by atoms with Crippen LogP contribution in [-0.4, -0.2) is 49.3 Å². The standard InChI is InChI=1S/C14H18N6O/c1-2-11(1)20-14(16-17-18-20)10-19-8-5-13(9-19)21-12-3-6-15-7-4-12/h3-4,6-7,11,13H,1-2,5,8-10H2/t13-/m0/s1. The van der Waals surface area contributed by atoms with E-state index in [0.717, 1.165) is 37.6 Å². The summed E-state index contributed by atoms with van der Waals surface area (Å²) in [4.78, 5) is 6.36. The van der Waals surface area contributed by atoms with E-state index in [1.54, 1.807) is 12.4 Å². The van der Waals surface area contributed by atoms with Crippen LogP contribution in [0.15, 0.2) is 24.5 Å². The lowest BCUT2D eigenvalue weighted by Gasteiger charge is -2.16. The van der Waals surface area contributed by atoms with Crippen molar-refractivity contribution in [3.8, 4) is 5.75 Å². The molecule has 2 aromatic heterocycles. The molecule has 0 unspecified atom stereocenters. The van der Waals surface area contributed by atoms with E-state index in [0.29, 0.717) is 6.04 Å². The molecule has 0 spiro atoms. The summed E-state index contributed by atoms with van der Waals surface area (Å²) < 4.78 is 7.96. The molecule has 1 atom stereocenters. The topological polar surface area (TPSA) is 69.0 Å². The molecule has 1 saturated carbocycles. The number of hydrogen-bond donors (Lipinski definition) is 0.